The molecule has 168 valence electrons. The zero-order valence-electron chi connectivity index (χ0n) is 17.8. The predicted molar refractivity (Wildman–Crippen MR) is 107 cm³/mol. The van der Waals surface area contributed by atoms with Gasteiger partial charge in [-0.05, 0) is 31.2 Å². The lowest BCUT2D eigenvalue weighted by molar-refractivity contribution is -0.226. The molecule has 3 aliphatic heterocycles. The molecule has 1 aromatic carbocycles. The fourth-order valence-corrected chi connectivity index (χ4v) is 4.54. The molecule has 0 aromatic heterocycles. The summed E-state index contributed by atoms with van der Waals surface area (Å²) >= 11 is 0. The average Bonchev–Trinajstić information content (AvgIpc) is 3.37. The Bertz CT molecular complexity index is 1060. The highest BCUT2D eigenvalue weighted by molar-refractivity contribution is 6.24. The highest BCUT2D eigenvalue weighted by atomic mass is 16.7. The Hall–Kier alpha value is -3.53. The van der Waals surface area contributed by atoms with Crippen molar-refractivity contribution < 1.29 is 42.9 Å². The van der Waals surface area contributed by atoms with Crippen LogP contribution in [-0.4, -0.2) is 54.6 Å². The first-order valence-electron chi connectivity index (χ1n) is 9.89. The minimum atomic E-state index is -1.65. The van der Waals surface area contributed by atoms with Crippen LogP contribution in [0.3, 0.4) is 0 Å². The molecular weight excluding hydrogens is 422 g/mol. The zero-order chi connectivity index (χ0) is 23.4. The summed E-state index contributed by atoms with van der Waals surface area (Å²) in [5, 5.41) is 0. The number of hydrogen-bond donors (Lipinski definition) is 0. The SMILES string of the molecule is COc1ccc(C(C)=O)cc1N1C(=O)C2C3C=CC(C(OC(C)=O)OC(C)=O)(O3)C2C1=O. The van der Waals surface area contributed by atoms with Gasteiger partial charge in [-0.15, -0.1) is 0 Å². The normalized spacial score (nSPS) is 27.7. The fraction of sp³-hybridized carbons (Fsp3) is 0.409. The lowest BCUT2D eigenvalue weighted by atomic mass is 9.76. The quantitative estimate of drug-likeness (QED) is 0.209. The summed E-state index contributed by atoms with van der Waals surface area (Å²) in [5.74, 6) is -4.76. The number of esters is 2. The Morgan fingerprint density at radius 1 is 1.06 bits per heavy atom. The van der Waals surface area contributed by atoms with Crippen LogP contribution in [0.15, 0.2) is 30.4 Å². The van der Waals surface area contributed by atoms with Gasteiger partial charge in [0, 0.05) is 19.4 Å². The average molecular weight is 443 g/mol. The molecule has 10 heteroatoms. The first-order valence-corrected chi connectivity index (χ1v) is 9.89. The van der Waals surface area contributed by atoms with Gasteiger partial charge in [-0.3, -0.25) is 24.0 Å². The third-order valence-electron chi connectivity index (χ3n) is 5.82. The number of nitrogens with zero attached hydrogens (tertiary/aromatic N) is 1. The van der Waals surface area contributed by atoms with E-state index >= 15 is 0 Å². The number of ketones is 1. The summed E-state index contributed by atoms with van der Waals surface area (Å²) < 4.78 is 21.6. The first-order chi connectivity index (χ1) is 15.1. The number of anilines is 1. The molecule has 4 rings (SSSR count). The van der Waals surface area contributed by atoms with Crippen molar-refractivity contribution in [1.29, 1.82) is 0 Å². The second kappa shape index (κ2) is 7.56. The lowest BCUT2D eigenvalue weighted by Crippen LogP contribution is -2.52. The number of fused-ring (bicyclic) bond motifs is 5. The minimum absolute atomic E-state index is 0.121. The van der Waals surface area contributed by atoms with E-state index in [1.54, 1.807) is 6.08 Å². The summed E-state index contributed by atoms with van der Waals surface area (Å²) in [6.07, 6.45) is 0.736. The van der Waals surface area contributed by atoms with E-state index in [4.69, 9.17) is 18.9 Å². The number of carbonyl (C=O) groups excluding carboxylic acids is 5. The van der Waals surface area contributed by atoms with Crippen molar-refractivity contribution >= 4 is 35.2 Å². The van der Waals surface area contributed by atoms with E-state index in [-0.39, 0.29) is 17.2 Å². The molecule has 0 aliphatic carbocycles. The smallest absolute Gasteiger partial charge is 0.305 e. The van der Waals surface area contributed by atoms with Crippen molar-refractivity contribution in [2.24, 2.45) is 11.8 Å². The molecule has 2 saturated heterocycles. The van der Waals surface area contributed by atoms with E-state index in [9.17, 15) is 24.0 Å². The topological polar surface area (TPSA) is 126 Å². The number of Topliss-reactive ketones (excluding diaryl/α,β-unsaturated/α-hetero) is 1. The predicted octanol–water partition coefficient (Wildman–Crippen LogP) is 1.16. The van der Waals surface area contributed by atoms with Crippen molar-refractivity contribution in [3.05, 3.63) is 35.9 Å². The molecule has 0 radical (unpaired) electrons. The summed E-state index contributed by atoms with van der Waals surface area (Å²) in [4.78, 5) is 63.1. The number of benzene rings is 1. The number of rotatable bonds is 6. The largest absolute Gasteiger partial charge is 0.495 e. The van der Waals surface area contributed by atoms with Crippen LogP contribution in [0, 0.1) is 11.8 Å². The number of methoxy groups -OCH3 is 1. The van der Waals surface area contributed by atoms with E-state index in [1.165, 1.54) is 38.3 Å². The van der Waals surface area contributed by atoms with Gasteiger partial charge in [0.05, 0.1) is 30.7 Å². The lowest BCUT2D eigenvalue weighted by Gasteiger charge is -2.34. The molecule has 32 heavy (non-hydrogen) atoms. The van der Waals surface area contributed by atoms with E-state index in [2.05, 4.69) is 0 Å². The van der Waals surface area contributed by atoms with E-state index in [0.29, 0.717) is 5.56 Å². The van der Waals surface area contributed by atoms with Crippen LogP contribution in [0.25, 0.3) is 0 Å². The van der Waals surface area contributed by atoms with Crippen molar-refractivity contribution in [2.45, 2.75) is 38.8 Å². The number of ether oxygens (including phenoxy) is 4. The Balaban J connectivity index is 1.79. The van der Waals surface area contributed by atoms with E-state index in [0.717, 1.165) is 18.7 Å². The highest BCUT2D eigenvalue weighted by Crippen LogP contribution is 2.55. The zero-order valence-corrected chi connectivity index (χ0v) is 17.8. The molecule has 0 spiro atoms. The Morgan fingerprint density at radius 3 is 2.28 bits per heavy atom. The third kappa shape index (κ3) is 3.10. The van der Waals surface area contributed by atoms with Crippen LogP contribution < -0.4 is 9.64 Å². The molecule has 3 aliphatic rings. The monoisotopic (exact) mass is 443 g/mol. The molecule has 3 heterocycles. The summed E-state index contributed by atoms with van der Waals surface area (Å²) in [6, 6.07) is 4.45. The van der Waals surface area contributed by atoms with Crippen LogP contribution >= 0.6 is 0 Å². The summed E-state index contributed by atoms with van der Waals surface area (Å²) in [7, 11) is 1.38. The first kappa shape index (κ1) is 21.7. The van der Waals surface area contributed by atoms with Crippen LogP contribution in [-0.2, 0) is 33.4 Å². The molecule has 4 atom stereocenters. The third-order valence-corrected chi connectivity index (χ3v) is 5.82. The van der Waals surface area contributed by atoms with Gasteiger partial charge in [0.15, 0.2) is 11.4 Å². The van der Waals surface area contributed by atoms with Gasteiger partial charge in [0.1, 0.15) is 5.75 Å². The Kier molecular flexibility index (Phi) is 5.12. The number of hydrogen-bond acceptors (Lipinski definition) is 9. The number of imide groups is 1. The Morgan fingerprint density at radius 2 is 1.72 bits per heavy atom. The molecule has 0 N–H and O–H groups in total. The van der Waals surface area contributed by atoms with E-state index in [1.807, 2.05) is 0 Å². The van der Waals surface area contributed by atoms with Crippen LogP contribution in [0.4, 0.5) is 5.69 Å². The van der Waals surface area contributed by atoms with Gasteiger partial charge in [-0.1, -0.05) is 6.08 Å². The van der Waals surface area contributed by atoms with Gasteiger partial charge in [-0.25, -0.2) is 4.90 Å². The van der Waals surface area contributed by atoms with Gasteiger partial charge < -0.3 is 18.9 Å². The maximum absolute atomic E-state index is 13.6. The van der Waals surface area contributed by atoms with Crippen LogP contribution in [0.2, 0.25) is 0 Å². The van der Waals surface area contributed by atoms with Gasteiger partial charge in [0.25, 0.3) is 6.29 Å². The fourth-order valence-electron chi connectivity index (χ4n) is 4.54. The van der Waals surface area contributed by atoms with Crippen molar-refractivity contribution in [3.63, 3.8) is 0 Å². The second-order valence-corrected chi connectivity index (χ2v) is 7.80. The van der Waals surface area contributed by atoms with Crippen molar-refractivity contribution in [3.8, 4) is 5.75 Å². The van der Waals surface area contributed by atoms with Gasteiger partial charge in [-0.2, -0.15) is 0 Å². The molecule has 10 nitrogen and oxygen atoms in total. The maximum Gasteiger partial charge on any atom is 0.305 e. The minimum Gasteiger partial charge on any atom is -0.495 e. The molecular formula is C22H21NO9. The van der Waals surface area contributed by atoms with Crippen molar-refractivity contribution in [1.82, 2.24) is 0 Å². The second-order valence-electron chi connectivity index (χ2n) is 7.80. The van der Waals surface area contributed by atoms with Gasteiger partial charge >= 0.3 is 11.9 Å². The Labute approximate surface area is 183 Å². The number of carbonyl (C=O) groups is 5. The highest BCUT2D eigenvalue weighted by Gasteiger charge is 2.72. The van der Waals surface area contributed by atoms with Gasteiger partial charge in [0.2, 0.25) is 11.8 Å². The van der Waals surface area contributed by atoms with E-state index < -0.39 is 53.6 Å². The van der Waals surface area contributed by atoms with Crippen LogP contribution in [0.1, 0.15) is 31.1 Å². The summed E-state index contributed by atoms with van der Waals surface area (Å²) in [5.41, 5.74) is -1.24. The molecule has 2 amide bonds. The van der Waals surface area contributed by atoms with Crippen LogP contribution in [0.5, 0.6) is 5.75 Å². The summed E-state index contributed by atoms with van der Waals surface area (Å²) in [6.45, 7) is 3.62. The molecule has 4 unspecified atom stereocenters. The molecule has 2 bridgehead atoms. The molecule has 0 saturated carbocycles. The van der Waals surface area contributed by atoms with Crippen molar-refractivity contribution in [2.75, 3.05) is 12.0 Å². The number of amides is 2. The standard InChI is InChI=1S/C22H21NO9/c1-10(24)13-5-6-15(29-4)14(9-13)23-19(27)17-16-7-8-22(32-16,18(17)20(23)28)21(30-11(2)25)31-12(3)26/h5-9,16-18,21H,1-4H3. The molecule has 1 aromatic rings. The molecule has 2 fully saturated rings. The maximum atomic E-state index is 13.6.